The van der Waals surface area contributed by atoms with Gasteiger partial charge in [-0.2, -0.15) is 4.98 Å². The highest BCUT2D eigenvalue weighted by Gasteiger charge is 2.14. The molecule has 6 heteroatoms. The summed E-state index contributed by atoms with van der Waals surface area (Å²) in [6.45, 7) is 0.0227. The lowest BCUT2D eigenvalue weighted by Crippen LogP contribution is -1.92. The molecular weight excluding hydrogens is 316 g/mol. The second-order valence-corrected chi connectivity index (χ2v) is 5.49. The van der Waals surface area contributed by atoms with E-state index in [-0.39, 0.29) is 6.61 Å². The van der Waals surface area contributed by atoms with Crippen LogP contribution in [0.25, 0.3) is 21.5 Å². The van der Waals surface area contributed by atoms with Crippen LogP contribution in [0.2, 0.25) is 0 Å². The summed E-state index contributed by atoms with van der Waals surface area (Å²) in [6, 6.07) is 6.02. The highest BCUT2D eigenvalue weighted by atomic mass is 79.9. The molecule has 2 heterocycles. The molecule has 0 fully saturated rings. The summed E-state index contributed by atoms with van der Waals surface area (Å²) in [5, 5.41) is 15.8. The van der Waals surface area contributed by atoms with E-state index in [1.807, 2.05) is 23.6 Å². The van der Waals surface area contributed by atoms with Gasteiger partial charge in [0.2, 0.25) is 0 Å². The highest BCUT2D eigenvalue weighted by Crippen LogP contribution is 2.36. The van der Waals surface area contributed by atoms with Gasteiger partial charge in [-0.05, 0) is 22.0 Å². The number of aliphatic hydroxyl groups is 1. The molecule has 0 unspecified atom stereocenters. The van der Waals surface area contributed by atoms with Gasteiger partial charge in [-0.15, -0.1) is 11.3 Å². The van der Waals surface area contributed by atoms with E-state index >= 15 is 0 Å². The first-order valence-corrected chi connectivity index (χ1v) is 7.06. The second kappa shape index (κ2) is 4.79. The molecule has 1 aromatic carbocycles. The largest absolute Gasteiger partial charge is 0.396 e. The van der Waals surface area contributed by atoms with E-state index in [9.17, 15) is 0 Å². The van der Waals surface area contributed by atoms with E-state index in [1.54, 1.807) is 11.3 Å². The average Bonchev–Trinajstić information content (AvgIpc) is 2.96. The topological polar surface area (TPSA) is 59.2 Å². The molecule has 0 aliphatic rings. The zero-order valence-corrected chi connectivity index (χ0v) is 11.7. The van der Waals surface area contributed by atoms with Crippen molar-refractivity contribution >= 4 is 37.4 Å². The number of hydrogen-bond acceptors (Lipinski definition) is 5. The van der Waals surface area contributed by atoms with Crippen molar-refractivity contribution < 1.29 is 9.63 Å². The Labute approximate surface area is 115 Å². The first-order valence-electron chi connectivity index (χ1n) is 5.39. The van der Waals surface area contributed by atoms with Crippen molar-refractivity contribution in [3.05, 3.63) is 33.9 Å². The summed E-state index contributed by atoms with van der Waals surface area (Å²) < 4.78 is 7.45. The molecule has 0 spiro atoms. The Hall–Kier alpha value is -1.24. The third kappa shape index (κ3) is 1.96. The van der Waals surface area contributed by atoms with Crippen LogP contribution in [0.1, 0.15) is 5.82 Å². The molecule has 3 aromatic rings. The smallest absolute Gasteiger partial charge is 0.259 e. The first-order chi connectivity index (χ1) is 8.79. The predicted octanol–water partition coefficient (Wildman–Crippen LogP) is 3.25. The van der Waals surface area contributed by atoms with E-state index in [1.165, 1.54) is 0 Å². The summed E-state index contributed by atoms with van der Waals surface area (Å²) in [5.41, 5.74) is 0.938. The van der Waals surface area contributed by atoms with Gasteiger partial charge in [0.1, 0.15) is 0 Å². The number of aliphatic hydroxyl groups excluding tert-OH is 1. The highest BCUT2D eigenvalue weighted by molar-refractivity contribution is 9.10. The molecule has 0 aliphatic carbocycles. The van der Waals surface area contributed by atoms with E-state index in [0.29, 0.717) is 18.1 Å². The van der Waals surface area contributed by atoms with Crippen LogP contribution in [0.5, 0.6) is 0 Å². The summed E-state index contributed by atoms with van der Waals surface area (Å²) in [4.78, 5) is 4.28. The molecule has 1 N–H and O–H groups in total. The Morgan fingerprint density at radius 1 is 1.39 bits per heavy atom. The van der Waals surface area contributed by atoms with Crippen molar-refractivity contribution in [2.45, 2.75) is 6.42 Å². The molecule has 0 bridgehead atoms. The lowest BCUT2D eigenvalue weighted by atomic mass is 10.2. The molecule has 18 heavy (non-hydrogen) atoms. The monoisotopic (exact) mass is 324 g/mol. The van der Waals surface area contributed by atoms with Crippen LogP contribution in [-0.4, -0.2) is 21.9 Å². The summed E-state index contributed by atoms with van der Waals surface area (Å²) >= 11 is 5.16. The Bertz CT molecular complexity index is 692. The van der Waals surface area contributed by atoms with Crippen molar-refractivity contribution in [3.63, 3.8) is 0 Å². The van der Waals surface area contributed by atoms with Gasteiger partial charge in [-0.1, -0.05) is 17.3 Å². The fraction of sp³-hybridized carbons (Fsp3) is 0.167. The Morgan fingerprint density at radius 3 is 3.11 bits per heavy atom. The number of halogens is 1. The van der Waals surface area contributed by atoms with Crippen molar-refractivity contribution in [3.8, 4) is 11.5 Å². The number of nitrogens with zero attached hydrogens (tertiary/aromatic N) is 2. The van der Waals surface area contributed by atoms with Crippen molar-refractivity contribution in [2.24, 2.45) is 0 Å². The van der Waals surface area contributed by atoms with Crippen molar-refractivity contribution in [1.29, 1.82) is 0 Å². The van der Waals surface area contributed by atoms with E-state index in [0.717, 1.165) is 20.1 Å². The molecule has 0 aliphatic heterocycles. The Kier molecular flexibility index (Phi) is 3.15. The molecule has 0 atom stereocenters. The van der Waals surface area contributed by atoms with Gasteiger partial charge in [0.15, 0.2) is 5.82 Å². The van der Waals surface area contributed by atoms with Gasteiger partial charge in [0.25, 0.3) is 5.89 Å². The Morgan fingerprint density at radius 2 is 2.28 bits per heavy atom. The molecule has 92 valence electrons. The number of hydrogen-bond donors (Lipinski definition) is 1. The summed E-state index contributed by atoms with van der Waals surface area (Å²) in [5.74, 6) is 1.03. The minimum Gasteiger partial charge on any atom is -0.396 e. The van der Waals surface area contributed by atoms with Gasteiger partial charge in [0.05, 0.1) is 12.2 Å². The van der Waals surface area contributed by atoms with Crippen LogP contribution in [0.3, 0.4) is 0 Å². The maximum Gasteiger partial charge on any atom is 0.259 e. The third-order valence-corrected chi connectivity index (χ3v) is 4.54. The molecule has 4 nitrogen and oxygen atoms in total. The lowest BCUT2D eigenvalue weighted by molar-refractivity contribution is 0.293. The van der Waals surface area contributed by atoms with Gasteiger partial charge in [-0.3, -0.25) is 0 Å². The molecule has 0 saturated carbocycles. The zero-order valence-electron chi connectivity index (χ0n) is 9.26. The second-order valence-electron chi connectivity index (χ2n) is 3.76. The SMILES string of the molecule is OCCc1noc(-c2csc3c(Br)cccc23)n1. The minimum absolute atomic E-state index is 0.0227. The van der Waals surface area contributed by atoms with Gasteiger partial charge < -0.3 is 9.63 Å². The molecule has 0 amide bonds. The zero-order chi connectivity index (χ0) is 12.5. The number of rotatable bonds is 3. The summed E-state index contributed by atoms with van der Waals surface area (Å²) in [7, 11) is 0. The fourth-order valence-corrected chi connectivity index (χ4v) is 3.35. The maximum absolute atomic E-state index is 8.84. The molecule has 2 aromatic heterocycles. The maximum atomic E-state index is 8.84. The van der Waals surface area contributed by atoms with Crippen LogP contribution < -0.4 is 0 Å². The molecule has 0 radical (unpaired) electrons. The van der Waals surface area contributed by atoms with Gasteiger partial charge in [0, 0.05) is 26.4 Å². The number of thiophene rings is 1. The number of aromatic nitrogens is 2. The first kappa shape index (κ1) is 11.8. The average molecular weight is 325 g/mol. The van der Waals surface area contributed by atoms with Crippen LogP contribution in [0.15, 0.2) is 32.6 Å². The normalized spacial score (nSPS) is 11.2. The Balaban J connectivity index is 2.10. The van der Waals surface area contributed by atoms with E-state index < -0.39 is 0 Å². The fourth-order valence-electron chi connectivity index (χ4n) is 1.75. The van der Waals surface area contributed by atoms with Crippen LogP contribution in [-0.2, 0) is 6.42 Å². The number of benzene rings is 1. The van der Waals surface area contributed by atoms with Crippen molar-refractivity contribution in [2.75, 3.05) is 6.61 Å². The molecule has 3 rings (SSSR count). The number of fused-ring (bicyclic) bond motifs is 1. The minimum atomic E-state index is 0.0227. The van der Waals surface area contributed by atoms with Crippen LogP contribution in [0, 0.1) is 0 Å². The standard InChI is InChI=1S/C12H9BrN2O2S/c13-9-3-1-2-7-8(6-18-11(7)9)12-14-10(4-5-16)15-17-12/h1-3,6,16H,4-5H2. The predicted molar refractivity (Wildman–Crippen MR) is 73.6 cm³/mol. The van der Waals surface area contributed by atoms with Gasteiger partial charge in [-0.25, -0.2) is 0 Å². The van der Waals surface area contributed by atoms with E-state index in [2.05, 4.69) is 26.1 Å². The summed E-state index contributed by atoms with van der Waals surface area (Å²) in [6.07, 6.45) is 0.412. The van der Waals surface area contributed by atoms with Gasteiger partial charge >= 0.3 is 0 Å². The lowest BCUT2D eigenvalue weighted by Gasteiger charge is -1.94. The molecular formula is C12H9BrN2O2S. The quantitative estimate of drug-likeness (QED) is 0.803. The molecule has 0 saturated heterocycles. The van der Waals surface area contributed by atoms with Crippen molar-refractivity contribution in [1.82, 2.24) is 10.1 Å². The van der Waals surface area contributed by atoms with E-state index in [4.69, 9.17) is 9.63 Å². The van der Waals surface area contributed by atoms with Crippen LogP contribution in [0.4, 0.5) is 0 Å². The third-order valence-electron chi connectivity index (χ3n) is 2.59. The van der Waals surface area contributed by atoms with Crippen LogP contribution >= 0.6 is 27.3 Å².